The molecule has 6 aromatic rings. The minimum atomic E-state index is 0.311. The van der Waals surface area contributed by atoms with Gasteiger partial charge in [-0.25, -0.2) is 0 Å². The Kier molecular flexibility index (Phi) is 9.87. The highest BCUT2D eigenvalue weighted by atomic mass is 33.1. The molecule has 6 rings (SSSR count). The second-order valence-corrected chi connectivity index (χ2v) is 15.5. The number of benzene rings is 6. The third kappa shape index (κ3) is 7.35. The van der Waals surface area contributed by atoms with E-state index >= 15 is 0 Å². The van der Waals surface area contributed by atoms with Crippen molar-refractivity contribution in [1.29, 1.82) is 0 Å². The first-order chi connectivity index (χ1) is 22.2. The maximum Gasteiger partial charge on any atom is 0.0379 e. The lowest BCUT2D eigenvalue weighted by Gasteiger charge is -2.21. The molecule has 0 N–H and O–H groups in total. The maximum atomic E-state index is 2.38. The van der Waals surface area contributed by atoms with Gasteiger partial charge in [-0.15, -0.1) is 0 Å². The first-order valence-corrected chi connectivity index (χ1v) is 18.4. The number of rotatable bonds is 9. The van der Waals surface area contributed by atoms with E-state index in [4.69, 9.17) is 0 Å². The Balaban J connectivity index is 1.29. The molecule has 2 atom stereocenters. The quantitative estimate of drug-likeness (QED) is 0.145. The van der Waals surface area contributed by atoms with Crippen LogP contribution in [0.25, 0.3) is 44.5 Å². The summed E-state index contributed by atoms with van der Waals surface area (Å²) in [6.07, 6.45) is 0. The zero-order chi connectivity index (χ0) is 32.2. The summed E-state index contributed by atoms with van der Waals surface area (Å²) in [5.74, 6) is 0. The monoisotopic (exact) mass is 634 g/mol. The van der Waals surface area contributed by atoms with E-state index in [2.05, 4.69) is 175 Å². The minimum absolute atomic E-state index is 0.311. The van der Waals surface area contributed by atoms with Crippen LogP contribution in [0.1, 0.15) is 57.7 Å². The van der Waals surface area contributed by atoms with Gasteiger partial charge in [0.15, 0.2) is 0 Å². The molecular formula is C44H42S2. The van der Waals surface area contributed by atoms with Gasteiger partial charge in [-0.1, -0.05) is 165 Å². The van der Waals surface area contributed by atoms with Gasteiger partial charge in [0, 0.05) is 10.5 Å². The van der Waals surface area contributed by atoms with Crippen molar-refractivity contribution in [2.75, 3.05) is 0 Å². The number of hydrogen-bond donors (Lipinski definition) is 0. The second kappa shape index (κ2) is 14.2. The van der Waals surface area contributed by atoms with Gasteiger partial charge in [-0.2, -0.15) is 0 Å². The summed E-state index contributed by atoms with van der Waals surface area (Å²) in [4.78, 5) is 0. The molecule has 0 aliphatic carbocycles. The van der Waals surface area contributed by atoms with E-state index in [0.717, 1.165) is 0 Å². The summed E-state index contributed by atoms with van der Waals surface area (Å²) >= 11 is 0. The average molecular weight is 635 g/mol. The van der Waals surface area contributed by atoms with Gasteiger partial charge in [-0.3, -0.25) is 0 Å². The molecule has 0 aromatic heterocycles. The molecule has 2 heteroatoms. The minimum Gasteiger partial charge on any atom is -0.0856 e. The predicted molar refractivity (Wildman–Crippen MR) is 206 cm³/mol. The fourth-order valence-corrected chi connectivity index (χ4v) is 8.48. The van der Waals surface area contributed by atoms with Crippen LogP contribution in [0.3, 0.4) is 0 Å². The van der Waals surface area contributed by atoms with Crippen molar-refractivity contribution < 1.29 is 0 Å². The lowest BCUT2D eigenvalue weighted by Crippen LogP contribution is -1.96. The summed E-state index contributed by atoms with van der Waals surface area (Å²) < 4.78 is 0. The van der Waals surface area contributed by atoms with Crippen LogP contribution >= 0.6 is 21.6 Å². The van der Waals surface area contributed by atoms with Crippen molar-refractivity contribution in [3.05, 3.63) is 167 Å². The SMILES string of the molecule is Cc1ccc(-c2ccc([C@@H](C)SS[C@H](C)c3ccc(-c4ccc(C)cc4)cc3-c3ccc(C)cc3)c(-c3ccc(C)cc3)c2)cc1. The molecule has 0 amide bonds. The molecule has 6 aromatic carbocycles. The van der Waals surface area contributed by atoms with Crippen LogP contribution < -0.4 is 0 Å². The van der Waals surface area contributed by atoms with Crippen LogP contribution in [-0.2, 0) is 0 Å². The van der Waals surface area contributed by atoms with Crippen molar-refractivity contribution in [2.24, 2.45) is 0 Å². The highest BCUT2D eigenvalue weighted by molar-refractivity contribution is 8.76. The van der Waals surface area contributed by atoms with E-state index in [1.807, 2.05) is 21.6 Å². The maximum absolute atomic E-state index is 2.38. The van der Waals surface area contributed by atoms with Gasteiger partial charge in [0.25, 0.3) is 0 Å². The Bertz CT molecular complexity index is 1770. The zero-order valence-corrected chi connectivity index (χ0v) is 29.3. The molecule has 0 saturated carbocycles. The van der Waals surface area contributed by atoms with Crippen molar-refractivity contribution in [2.45, 2.75) is 52.0 Å². The molecule has 230 valence electrons. The van der Waals surface area contributed by atoms with Crippen LogP contribution in [0.15, 0.2) is 133 Å². The summed E-state index contributed by atoms with van der Waals surface area (Å²) in [5.41, 5.74) is 18.1. The molecule has 0 fully saturated rings. The topological polar surface area (TPSA) is 0 Å². The number of aryl methyl sites for hydroxylation is 4. The second-order valence-electron chi connectivity index (χ2n) is 12.5. The third-order valence-electron chi connectivity index (χ3n) is 8.82. The molecule has 0 saturated heterocycles. The Morgan fingerprint density at radius 1 is 0.326 bits per heavy atom. The van der Waals surface area contributed by atoms with Gasteiger partial charge in [0.2, 0.25) is 0 Å². The van der Waals surface area contributed by atoms with Crippen LogP contribution in [-0.4, -0.2) is 0 Å². The van der Waals surface area contributed by atoms with Crippen molar-refractivity contribution >= 4 is 21.6 Å². The molecule has 46 heavy (non-hydrogen) atoms. The molecule has 0 heterocycles. The molecule has 0 aliphatic rings. The molecule has 0 unspecified atom stereocenters. The smallest absolute Gasteiger partial charge is 0.0379 e. The molecule has 0 spiro atoms. The van der Waals surface area contributed by atoms with Crippen molar-refractivity contribution in [3.8, 4) is 44.5 Å². The average Bonchev–Trinajstić information content (AvgIpc) is 3.08. The van der Waals surface area contributed by atoms with Gasteiger partial charge < -0.3 is 0 Å². The van der Waals surface area contributed by atoms with Gasteiger partial charge >= 0.3 is 0 Å². The summed E-state index contributed by atoms with van der Waals surface area (Å²) in [6.45, 7) is 13.3. The normalized spacial score (nSPS) is 12.6. The zero-order valence-electron chi connectivity index (χ0n) is 27.7. The van der Waals surface area contributed by atoms with E-state index in [1.54, 1.807) is 0 Å². The van der Waals surface area contributed by atoms with Gasteiger partial charge in [0.05, 0.1) is 0 Å². The Morgan fingerprint density at radius 3 is 0.891 bits per heavy atom. The van der Waals surface area contributed by atoms with Gasteiger partial charge in [0.1, 0.15) is 0 Å². The summed E-state index contributed by atoms with van der Waals surface area (Å²) in [6, 6.07) is 49.7. The summed E-state index contributed by atoms with van der Waals surface area (Å²) in [5, 5.41) is 0.621. The molecule has 0 nitrogen and oxygen atoms in total. The largest absolute Gasteiger partial charge is 0.0856 e. The standard InChI is InChI=1S/C44H42S2/c1-29-7-15-35(16-8-29)39-23-25-41(43(27-39)37-19-11-31(3)12-20-37)33(5)45-46-34(6)42-26-24-40(36-17-9-30(2)10-18-36)28-44(42)38-21-13-32(4)14-22-38/h7-28,33-34H,1-6H3/t33-,34-/m1/s1. The molecular weight excluding hydrogens is 593 g/mol. The Hall–Kier alpha value is -3.98. The van der Waals surface area contributed by atoms with Gasteiger partial charge in [-0.05, 0) is 109 Å². The van der Waals surface area contributed by atoms with Crippen LogP contribution in [0.5, 0.6) is 0 Å². The molecule has 0 radical (unpaired) electrons. The highest BCUT2D eigenvalue weighted by Gasteiger charge is 2.19. The van der Waals surface area contributed by atoms with E-state index in [1.165, 1.54) is 77.9 Å². The van der Waals surface area contributed by atoms with E-state index in [-0.39, 0.29) is 0 Å². The molecule has 0 bridgehead atoms. The third-order valence-corrected chi connectivity index (χ3v) is 12.1. The lowest BCUT2D eigenvalue weighted by atomic mass is 9.92. The Morgan fingerprint density at radius 2 is 0.587 bits per heavy atom. The van der Waals surface area contributed by atoms with E-state index < -0.39 is 0 Å². The van der Waals surface area contributed by atoms with Crippen LogP contribution in [0.4, 0.5) is 0 Å². The van der Waals surface area contributed by atoms with Crippen molar-refractivity contribution in [3.63, 3.8) is 0 Å². The van der Waals surface area contributed by atoms with Crippen LogP contribution in [0.2, 0.25) is 0 Å². The first-order valence-electron chi connectivity index (χ1n) is 16.1. The first kappa shape index (κ1) is 32.0. The van der Waals surface area contributed by atoms with Crippen LogP contribution in [0, 0.1) is 27.7 Å². The summed E-state index contributed by atoms with van der Waals surface area (Å²) in [7, 11) is 3.95. The van der Waals surface area contributed by atoms with E-state index in [0.29, 0.717) is 10.5 Å². The molecule has 0 aliphatic heterocycles. The Labute approximate surface area is 283 Å². The predicted octanol–water partition coefficient (Wildman–Crippen LogP) is 13.8. The van der Waals surface area contributed by atoms with E-state index in [9.17, 15) is 0 Å². The van der Waals surface area contributed by atoms with Crippen molar-refractivity contribution in [1.82, 2.24) is 0 Å². The number of hydrogen-bond acceptors (Lipinski definition) is 2. The fraction of sp³-hybridized carbons (Fsp3) is 0.182. The highest BCUT2D eigenvalue weighted by Crippen LogP contribution is 2.50. The fourth-order valence-electron chi connectivity index (χ4n) is 5.91. The lowest BCUT2D eigenvalue weighted by molar-refractivity contribution is 1.10.